The van der Waals surface area contributed by atoms with Gasteiger partial charge in [-0.1, -0.05) is 67.1 Å². The standard InChI is InChI=1S/C24H27NO3/c26-22(16-28-23(27)15-21-14-17-11-12-20(21)13-17)25-24(18-7-3-1-4-8-18)19-9-5-2-6-10-19/h1-10,17,20-21,24H,11-16H2,(H,25,26)/t17-,20-,21-/m0/s1. The highest BCUT2D eigenvalue weighted by Crippen LogP contribution is 2.49. The summed E-state index contributed by atoms with van der Waals surface area (Å²) in [6, 6.07) is 19.4. The average molecular weight is 377 g/mol. The number of esters is 1. The van der Waals surface area contributed by atoms with Crippen LogP contribution >= 0.6 is 0 Å². The molecule has 28 heavy (non-hydrogen) atoms. The van der Waals surface area contributed by atoms with Crippen molar-refractivity contribution >= 4 is 11.9 Å². The largest absolute Gasteiger partial charge is 0.456 e. The van der Waals surface area contributed by atoms with Gasteiger partial charge in [-0.25, -0.2) is 0 Å². The molecule has 2 aliphatic carbocycles. The van der Waals surface area contributed by atoms with E-state index in [2.05, 4.69) is 5.32 Å². The van der Waals surface area contributed by atoms with E-state index in [0.29, 0.717) is 18.3 Å². The summed E-state index contributed by atoms with van der Waals surface area (Å²) in [4.78, 5) is 24.7. The van der Waals surface area contributed by atoms with Crippen LogP contribution in [0.15, 0.2) is 60.7 Å². The third kappa shape index (κ3) is 4.44. The molecule has 2 aromatic carbocycles. The third-order valence-electron chi connectivity index (χ3n) is 6.25. The summed E-state index contributed by atoms with van der Waals surface area (Å²) in [5.41, 5.74) is 1.99. The number of rotatable bonds is 7. The van der Waals surface area contributed by atoms with Gasteiger partial charge in [0.1, 0.15) is 0 Å². The fraction of sp³-hybridized carbons (Fsp3) is 0.417. The molecular formula is C24H27NO3. The Bertz CT molecular complexity index is 766. The summed E-state index contributed by atoms with van der Waals surface area (Å²) in [5, 5.41) is 3.01. The number of nitrogens with one attached hydrogen (secondary N) is 1. The lowest BCUT2D eigenvalue weighted by Crippen LogP contribution is -2.33. The minimum atomic E-state index is -0.279. The van der Waals surface area contributed by atoms with Gasteiger partial charge < -0.3 is 10.1 Å². The Balaban J connectivity index is 1.32. The first kappa shape index (κ1) is 18.7. The molecule has 2 aromatic rings. The lowest BCUT2D eigenvalue weighted by Gasteiger charge is -2.21. The first-order valence-electron chi connectivity index (χ1n) is 10.2. The number of carbonyl (C=O) groups is 2. The van der Waals surface area contributed by atoms with E-state index in [-0.39, 0.29) is 24.5 Å². The van der Waals surface area contributed by atoms with Gasteiger partial charge in [-0.2, -0.15) is 0 Å². The number of amides is 1. The monoisotopic (exact) mass is 377 g/mol. The van der Waals surface area contributed by atoms with E-state index in [1.54, 1.807) is 0 Å². The van der Waals surface area contributed by atoms with Crippen LogP contribution in [0.2, 0.25) is 0 Å². The molecule has 0 unspecified atom stereocenters. The Morgan fingerprint density at radius 2 is 1.57 bits per heavy atom. The Morgan fingerprint density at radius 3 is 2.11 bits per heavy atom. The van der Waals surface area contributed by atoms with Crippen molar-refractivity contribution in [3.8, 4) is 0 Å². The van der Waals surface area contributed by atoms with Gasteiger partial charge in [0.2, 0.25) is 0 Å². The molecule has 2 aliphatic rings. The van der Waals surface area contributed by atoms with Gasteiger partial charge in [0.05, 0.1) is 6.04 Å². The second-order valence-electron chi connectivity index (χ2n) is 8.12. The quantitative estimate of drug-likeness (QED) is 0.734. The summed E-state index contributed by atoms with van der Waals surface area (Å²) in [6.07, 6.45) is 5.44. The van der Waals surface area contributed by atoms with E-state index >= 15 is 0 Å². The summed E-state index contributed by atoms with van der Waals surface area (Å²) in [7, 11) is 0. The van der Waals surface area contributed by atoms with Crippen LogP contribution in [-0.4, -0.2) is 18.5 Å². The lowest BCUT2D eigenvalue weighted by molar-refractivity contribution is -0.150. The average Bonchev–Trinajstić information content (AvgIpc) is 3.35. The molecule has 0 heterocycles. The SMILES string of the molecule is O=C(COC(=O)C[C@@H]1C[C@H]2CC[C@H]1C2)NC(c1ccccc1)c1ccccc1. The van der Waals surface area contributed by atoms with Gasteiger partial charge in [-0.15, -0.1) is 0 Å². The van der Waals surface area contributed by atoms with Crippen LogP contribution in [-0.2, 0) is 14.3 Å². The van der Waals surface area contributed by atoms with E-state index in [1.165, 1.54) is 19.3 Å². The molecule has 1 amide bonds. The smallest absolute Gasteiger partial charge is 0.306 e. The van der Waals surface area contributed by atoms with Gasteiger partial charge in [-0.05, 0) is 48.1 Å². The van der Waals surface area contributed by atoms with Crippen molar-refractivity contribution in [2.75, 3.05) is 6.61 Å². The predicted molar refractivity (Wildman–Crippen MR) is 107 cm³/mol. The van der Waals surface area contributed by atoms with Crippen LogP contribution in [0.5, 0.6) is 0 Å². The molecule has 2 saturated carbocycles. The van der Waals surface area contributed by atoms with Crippen LogP contribution in [0.1, 0.15) is 49.3 Å². The summed E-state index contributed by atoms with van der Waals surface area (Å²) in [5.74, 6) is 1.42. The van der Waals surface area contributed by atoms with Crippen LogP contribution in [0.3, 0.4) is 0 Å². The number of carbonyl (C=O) groups excluding carboxylic acids is 2. The molecule has 0 aromatic heterocycles. The van der Waals surface area contributed by atoms with Crippen LogP contribution in [0.4, 0.5) is 0 Å². The van der Waals surface area contributed by atoms with E-state index in [9.17, 15) is 9.59 Å². The summed E-state index contributed by atoms with van der Waals surface area (Å²) >= 11 is 0. The first-order valence-corrected chi connectivity index (χ1v) is 10.2. The molecule has 0 aliphatic heterocycles. The Hall–Kier alpha value is -2.62. The van der Waals surface area contributed by atoms with Gasteiger partial charge in [0.25, 0.3) is 5.91 Å². The van der Waals surface area contributed by atoms with Crippen molar-refractivity contribution < 1.29 is 14.3 Å². The van der Waals surface area contributed by atoms with Crippen molar-refractivity contribution in [2.45, 2.75) is 38.1 Å². The molecule has 0 radical (unpaired) electrons. The number of hydrogen-bond acceptors (Lipinski definition) is 3. The Kier molecular flexibility index (Phi) is 5.75. The molecule has 4 nitrogen and oxygen atoms in total. The molecule has 0 saturated heterocycles. The fourth-order valence-corrected chi connectivity index (χ4v) is 4.90. The molecular weight excluding hydrogens is 350 g/mol. The summed E-state index contributed by atoms with van der Waals surface area (Å²) in [6.45, 7) is -0.226. The zero-order chi connectivity index (χ0) is 19.3. The normalized spacial score (nSPS) is 23.0. The van der Waals surface area contributed by atoms with Crippen molar-refractivity contribution in [3.05, 3.63) is 71.8 Å². The molecule has 2 bridgehead atoms. The van der Waals surface area contributed by atoms with E-state index in [1.807, 2.05) is 60.7 Å². The predicted octanol–water partition coefficient (Wildman–Crippen LogP) is 4.26. The Labute approximate surface area is 166 Å². The highest BCUT2D eigenvalue weighted by Gasteiger charge is 2.40. The maximum absolute atomic E-state index is 12.5. The van der Waals surface area contributed by atoms with Crippen molar-refractivity contribution in [2.24, 2.45) is 17.8 Å². The van der Waals surface area contributed by atoms with Crippen molar-refractivity contribution in [3.63, 3.8) is 0 Å². The zero-order valence-corrected chi connectivity index (χ0v) is 16.1. The number of fused-ring (bicyclic) bond motifs is 2. The van der Waals surface area contributed by atoms with Gasteiger partial charge >= 0.3 is 5.97 Å². The second kappa shape index (κ2) is 8.59. The van der Waals surface area contributed by atoms with Gasteiger partial charge in [-0.3, -0.25) is 9.59 Å². The van der Waals surface area contributed by atoms with Crippen molar-refractivity contribution in [1.29, 1.82) is 0 Å². The highest BCUT2D eigenvalue weighted by molar-refractivity contribution is 5.81. The molecule has 0 spiro atoms. The van der Waals surface area contributed by atoms with Crippen LogP contribution in [0, 0.1) is 17.8 Å². The van der Waals surface area contributed by atoms with E-state index in [0.717, 1.165) is 23.5 Å². The summed E-state index contributed by atoms with van der Waals surface area (Å²) < 4.78 is 5.30. The maximum Gasteiger partial charge on any atom is 0.306 e. The minimum Gasteiger partial charge on any atom is -0.456 e. The first-order chi connectivity index (χ1) is 13.7. The Morgan fingerprint density at radius 1 is 0.929 bits per heavy atom. The maximum atomic E-state index is 12.5. The van der Waals surface area contributed by atoms with Crippen LogP contribution in [0.25, 0.3) is 0 Å². The topological polar surface area (TPSA) is 55.4 Å². The molecule has 1 N–H and O–H groups in total. The fourth-order valence-electron chi connectivity index (χ4n) is 4.90. The molecule has 2 fully saturated rings. The van der Waals surface area contributed by atoms with Crippen LogP contribution < -0.4 is 5.32 Å². The second-order valence-corrected chi connectivity index (χ2v) is 8.12. The third-order valence-corrected chi connectivity index (χ3v) is 6.25. The molecule has 3 atom stereocenters. The van der Waals surface area contributed by atoms with Crippen molar-refractivity contribution in [1.82, 2.24) is 5.32 Å². The van der Waals surface area contributed by atoms with Gasteiger partial charge in [0, 0.05) is 6.42 Å². The van der Waals surface area contributed by atoms with E-state index < -0.39 is 0 Å². The lowest BCUT2D eigenvalue weighted by atomic mass is 9.86. The molecule has 146 valence electrons. The minimum absolute atomic E-state index is 0.226. The molecule has 4 rings (SSSR count). The number of hydrogen-bond donors (Lipinski definition) is 1. The molecule has 4 heteroatoms. The van der Waals surface area contributed by atoms with E-state index in [4.69, 9.17) is 4.74 Å². The number of benzene rings is 2. The highest BCUT2D eigenvalue weighted by atomic mass is 16.5. The van der Waals surface area contributed by atoms with Gasteiger partial charge in [0.15, 0.2) is 6.61 Å². The zero-order valence-electron chi connectivity index (χ0n) is 16.1. The number of ether oxygens (including phenoxy) is 1.